The van der Waals surface area contributed by atoms with Crippen LogP contribution in [0.4, 0.5) is 4.79 Å². The number of esters is 1. The Kier molecular flexibility index (Phi) is 5.14. The smallest absolute Gasteiger partial charge is 0.411 e. The molecule has 1 saturated carbocycles. The highest BCUT2D eigenvalue weighted by Crippen LogP contribution is 2.31. The first-order chi connectivity index (χ1) is 12.2. The molecule has 1 N–H and O–H groups in total. The van der Waals surface area contributed by atoms with E-state index in [0.717, 1.165) is 25.8 Å². The van der Waals surface area contributed by atoms with Gasteiger partial charge in [0, 0.05) is 25.2 Å². The quantitative estimate of drug-likeness (QED) is 0.743. The molecule has 3 fully saturated rings. The maximum absolute atomic E-state index is 12.5. The molecule has 0 aromatic carbocycles. The van der Waals surface area contributed by atoms with Crippen molar-refractivity contribution in [2.24, 2.45) is 0 Å². The fourth-order valence-corrected chi connectivity index (χ4v) is 3.73. The van der Waals surface area contributed by atoms with Crippen LogP contribution in [0, 0.1) is 0 Å². The number of likely N-dealkylation sites (tertiary alicyclic amines) is 2. The molecule has 0 radical (unpaired) electrons. The molecule has 2 aliphatic heterocycles. The van der Waals surface area contributed by atoms with Crippen molar-refractivity contribution < 1.29 is 23.9 Å². The second-order valence-corrected chi connectivity index (χ2v) is 8.38. The molecule has 0 aromatic heterocycles. The first-order valence-electron chi connectivity index (χ1n) is 9.33. The number of hydrogen-bond acceptors (Lipinski definition) is 6. The zero-order chi connectivity index (χ0) is 19.1. The fraction of sp³-hybridized carbons (Fsp3) is 0.833. The Morgan fingerprint density at radius 1 is 1.19 bits per heavy atom. The van der Waals surface area contributed by atoms with Gasteiger partial charge in [0.15, 0.2) is 0 Å². The van der Waals surface area contributed by atoms with Crippen LogP contribution in [0.3, 0.4) is 0 Å². The molecule has 8 nitrogen and oxygen atoms in total. The predicted molar refractivity (Wildman–Crippen MR) is 93.4 cm³/mol. The third kappa shape index (κ3) is 4.11. The van der Waals surface area contributed by atoms with E-state index < -0.39 is 23.7 Å². The first-order valence-corrected chi connectivity index (χ1v) is 9.33. The Bertz CT molecular complexity index is 584. The number of nitrogens with zero attached hydrogens (tertiary/aromatic N) is 2. The molecule has 0 aromatic rings. The lowest BCUT2D eigenvalue weighted by Crippen LogP contribution is -2.46. The molecule has 146 valence electrons. The normalized spacial score (nSPS) is 29.2. The molecule has 3 atom stereocenters. The van der Waals surface area contributed by atoms with E-state index in [1.54, 1.807) is 20.8 Å². The summed E-state index contributed by atoms with van der Waals surface area (Å²) in [5.74, 6) is -0.324. The molecular weight excluding hydrogens is 338 g/mol. The summed E-state index contributed by atoms with van der Waals surface area (Å²) in [6.45, 7) is 6.46. The summed E-state index contributed by atoms with van der Waals surface area (Å²) < 4.78 is 10.3. The Morgan fingerprint density at radius 3 is 2.46 bits per heavy atom. The lowest BCUT2D eigenvalue weighted by Gasteiger charge is -2.27. The van der Waals surface area contributed by atoms with Gasteiger partial charge in [0.1, 0.15) is 11.6 Å². The van der Waals surface area contributed by atoms with Crippen molar-refractivity contribution in [1.29, 1.82) is 0 Å². The Hall–Kier alpha value is -1.83. The van der Waals surface area contributed by atoms with Crippen molar-refractivity contribution in [2.75, 3.05) is 20.2 Å². The average molecular weight is 367 g/mol. The minimum atomic E-state index is -0.691. The molecule has 1 aliphatic carbocycles. The van der Waals surface area contributed by atoms with Crippen LogP contribution in [0.25, 0.3) is 0 Å². The third-order valence-electron chi connectivity index (χ3n) is 5.07. The van der Waals surface area contributed by atoms with Gasteiger partial charge in [-0.15, -0.1) is 0 Å². The van der Waals surface area contributed by atoms with Crippen molar-refractivity contribution in [1.82, 2.24) is 15.1 Å². The van der Waals surface area contributed by atoms with Crippen molar-refractivity contribution in [3.05, 3.63) is 0 Å². The van der Waals surface area contributed by atoms with Crippen molar-refractivity contribution in [3.63, 3.8) is 0 Å². The van der Waals surface area contributed by atoms with Crippen LogP contribution in [-0.2, 0) is 19.1 Å². The second-order valence-electron chi connectivity index (χ2n) is 8.38. The lowest BCUT2D eigenvalue weighted by atomic mass is 10.1. The topological polar surface area (TPSA) is 88.2 Å². The van der Waals surface area contributed by atoms with E-state index in [2.05, 4.69) is 5.32 Å². The zero-order valence-corrected chi connectivity index (χ0v) is 16.0. The van der Waals surface area contributed by atoms with Crippen LogP contribution in [0.2, 0.25) is 0 Å². The highest BCUT2D eigenvalue weighted by molar-refractivity contribution is 5.85. The third-order valence-corrected chi connectivity index (χ3v) is 5.07. The molecular formula is C18H29N3O5. The van der Waals surface area contributed by atoms with E-state index in [4.69, 9.17) is 9.47 Å². The summed E-state index contributed by atoms with van der Waals surface area (Å²) in [5, 5.41) is 3.35. The van der Waals surface area contributed by atoms with Gasteiger partial charge in [0.05, 0.1) is 13.2 Å². The summed E-state index contributed by atoms with van der Waals surface area (Å²) in [4.78, 5) is 40.5. The van der Waals surface area contributed by atoms with Gasteiger partial charge in [0.25, 0.3) is 0 Å². The van der Waals surface area contributed by atoms with Crippen LogP contribution in [0.5, 0.6) is 0 Å². The summed E-state index contributed by atoms with van der Waals surface area (Å²) in [7, 11) is 1.31. The van der Waals surface area contributed by atoms with Crippen molar-refractivity contribution >= 4 is 18.0 Å². The molecule has 0 unspecified atom stereocenters. The van der Waals surface area contributed by atoms with E-state index in [1.165, 1.54) is 12.0 Å². The van der Waals surface area contributed by atoms with Gasteiger partial charge in [-0.2, -0.15) is 0 Å². The number of carbonyl (C=O) groups is 3. The van der Waals surface area contributed by atoms with Crippen molar-refractivity contribution in [2.45, 2.75) is 76.2 Å². The number of rotatable bonds is 4. The van der Waals surface area contributed by atoms with Gasteiger partial charge >= 0.3 is 12.1 Å². The van der Waals surface area contributed by atoms with Gasteiger partial charge < -0.3 is 19.7 Å². The van der Waals surface area contributed by atoms with Crippen LogP contribution in [-0.4, -0.2) is 77.7 Å². The van der Waals surface area contributed by atoms with Crippen molar-refractivity contribution in [3.8, 4) is 0 Å². The monoisotopic (exact) mass is 367 g/mol. The minimum Gasteiger partial charge on any atom is -0.467 e. The molecule has 0 bridgehead atoms. The Labute approximate surface area is 154 Å². The molecule has 3 aliphatic rings. The maximum Gasteiger partial charge on any atom is 0.411 e. The molecule has 2 heterocycles. The fourth-order valence-electron chi connectivity index (χ4n) is 3.73. The molecule has 26 heavy (non-hydrogen) atoms. The van der Waals surface area contributed by atoms with Gasteiger partial charge in [-0.25, -0.2) is 9.59 Å². The largest absolute Gasteiger partial charge is 0.467 e. The van der Waals surface area contributed by atoms with E-state index >= 15 is 0 Å². The molecule has 3 rings (SSSR count). The number of ether oxygens (including phenoxy) is 2. The number of carbonyl (C=O) groups excluding carboxylic acids is 3. The summed E-state index contributed by atoms with van der Waals surface area (Å²) >= 11 is 0. The number of methoxy groups -OCH3 is 1. The second kappa shape index (κ2) is 7.06. The first kappa shape index (κ1) is 18.9. The van der Waals surface area contributed by atoms with E-state index in [9.17, 15) is 14.4 Å². The van der Waals surface area contributed by atoms with Gasteiger partial charge in [-0.05, 0) is 46.5 Å². The Balaban J connectivity index is 1.63. The minimum absolute atomic E-state index is 0.137. The summed E-state index contributed by atoms with van der Waals surface area (Å²) in [6.07, 6.45) is 2.84. The summed E-state index contributed by atoms with van der Waals surface area (Å²) in [5.41, 5.74) is -0.643. The number of nitrogens with one attached hydrogen (secondary N) is 1. The Morgan fingerprint density at radius 2 is 1.88 bits per heavy atom. The van der Waals surface area contributed by atoms with Crippen LogP contribution in [0.15, 0.2) is 0 Å². The molecule has 2 saturated heterocycles. The SMILES string of the molecule is COC(=O)[C@@H]1C[C@H](N[C@H]2CCN(C3CC3)C2=O)CN1C(=O)OC(C)(C)C. The van der Waals surface area contributed by atoms with E-state index in [-0.39, 0.29) is 18.0 Å². The highest BCUT2D eigenvalue weighted by atomic mass is 16.6. The highest BCUT2D eigenvalue weighted by Gasteiger charge is 2.45. The van der Waals surface area contributed by atoms with Gasteiger partial charge in [-0.3, -0.25) is 9.69 Å². The predicted octanol–water partition coefficient (Wildman–Crippen LogP) is 0.890. The van der Waals surface area contributed by atoms with Gasteiger partial charge in [0.2, 0.25) is 5.91 Å². The van der Waals surface area contributed by atoms with E-state index in [1.807, 2.05) is 4.90 Å². The standard InChI is InChI=1S/C18H29N3O5/c1-18(2,3)26-17(24)21-10-11(9-14(21)16(23)25-4)19-13-7-8-20(15(13)22)12-5-6-12/h11-14,19H,5-10H2,1-4H3/t11-,13-,14-/m0/s1. The van der Waals surface area contributed by atoms with E-state index in [0.29, 0.717) is 19.0 Å². The lowest BCUT2D eigenvalue weighted by molar-refractivity contribution is -0.145. The molecule has 8 heteroatoms. The van der Waals surface area contributed by atoms with Crippen LogP contribution in [0.1, 0.15) is 46.5 Å². The van der Waals surface area contributed by atoms with Crippen LogP contribution >= 0.6 is 0 Å². The maximum atomic E-state index is 12.5. The molecule has 2 amide bonds. The molecule has 0 spiro atoms. The van der Waals surface area contributed by atoms with Crippen LogP contribution < -0.4 is 5.32 Å². The number of amides is 2. The summed E-state index contributed by atoms with van der Waals surface area (Å²) in [6, 6.07) is -0.653. The van der Waals surface area contributed by atoms with Gasteiger partial charge in [-0.1, -0.05) is 0 Å². The zero-order valence-electron chi connectivity index (χ0n) is 16.0. The average Bonchev–Trinajstić information content (AvgIpc) is 3.20. The number of hydrogen-bond donors (Lipinski definition) is 1.